The van der Waals surface area contributed by atoms with Crippen molar-refractivity contribution in [3.63, 3.8) is 0 Å². The number of aromatic nitrogens is 1. The van der Waals surface area contributed by atoms with Gasteiger partial charge >= 0.3 is 5.97 Å². The molecule has 148 valence electrons. The van der Waals surface area contributed by atoms with Gasteiger partial charge in [-0.3, -0.25) is 0 Å². The van der Waals surface area contributed by atoms with E-state index in [1.165, 1.54) is 16.6 Å². The van der Waals surface area contributed by atoms with Gasteiger partial charge in [-0.2, -0.15) is 4.31 Å². The van der Waals surface area contributed by atoms with Crippen molar-refractivity contribution in [1.82, 2.24) is 9.29 Å². The van der Waals surface area contributed by atoms with Gasteiger partial charge in [0.2, 0.25) is 10.0 Å². The Morgan fingerprint density at radius 1 is 1.07 bits per heavy atom. The van der Waals surface area contributed by atoms with Crippen LogP contribution in [0.25, 0.3) is 16.3 Å². The summed E-state index contributed by atoms with van der Waals surface area (Å²) in [6.45, 7) is 0.467. The number of sulfonamides is 1. The van der Waals surface area contributed by atoms with Crippen LogP contribution < -0.4 is 0 Å². The first-order chi connectivity index (χ1) is 13.9. The highest BCUT2D eigenvalue weighted by Crippen LogP contribution is 2.29. The van der Waals surface area contributed by atoms with Crippen molar-refractivity contribution in [3.8, 4) is 5.75 Å². The maximum Gasteiger partial charge on any atom is 0.358 e. The first-order valence-electron chi connectivity index (χ1n) is 8.97. The molecule has 4 rings (SSSR count). The summed E-state index contributed by atoms with van der Waals surface area (Å²) >= 11 is 0. The highest BCUT2D eigenvalue weighted by molar-refractivity contribution is 7.89. The summed E-state index contributed by atoms with van der Waals surface area (Å²) in [5.74, 6) is -1.72. The van der Waals surface area contributed by atoms with Gasteiger partial charge in [-0.1, -0.05) is 36.4 Å². The predicted octanol–water partition coefficient (Wildman–Crippen LogP) is 3.12. The Morgan fingerprint density at radius 3 is 2.48 bits per heavy atom. The summed E-state index contributed by atoms with van der Waals surface area (Å²) in [5, 5.41) is 20.6. The number of aromatic hydroxyl groups is 1. The van der Waals surface area contributed by atoms with E-state index >= 15 is 0 Å². The monoisotopic (exact) mass is 410 g/mol. The van der Waals surface area contributed by atoms with E-state index in [-0.39, 0.29) is 18.0 Å². The quantitative estimate of drug-likeness (QED) is 0.684. The van der Waals surface area contributed by atoms with E-state index in [0.717, 1.165) is 16.3 Å². The molecule has 0 atom stereocenters. The summed E-state index contributed by atoms with van der Waals surface area (Å²) in [4.78, 5) is 15.0. The Hall–Kier alpha value is -3.23. The smallest absolute Gasteiger partial charge is 0.358 e. The topological polar surface area (TPSA) is 108 Å². The molecular weight excluding hydrogens is 392 g/mol. The molecule has 0 saturated heterocycles. The third kappa shape index (κ3) is 3.59. The van der Waals surface area contributed by atoms with Crippen LogP contribution in [0.15, 0.2) is 65.7 Å². The number of aromatic carboxylic acids is 1. The Labute approximate surface area is 167 Å². The third-order valence-corrected chi connectivity index (χ3v) is 6.83. The van der Waals surface area contributed by atoms with Gasteiger partial charge in [-0.15, -0.1) is 0 Å². The van der Waals surface area contributed by atoms with Crippen LogP contribution in [0.1, 0.15) is 22.5 Å². The van der Waals surface area contributed by atoms with Gasteiger partial charge in [-0.05, 0) is 46.5 Å². The predicted molar refractivity (Wildman–Crippen MR) is 108 cm³/mol. The van der Waals surface area contributed by atoms with E-state index in [4.69, 9.17) is 5.11 Å². The molecule has 8 heteroatoms. The van der Waals surface area contributed by atoms with Gasteiger partial charge in [-0.25, -0.2) is 18.2 Å². The lowest BCUT2D eigenvalue weighted by Gasteiger charge is -2.26. The normalized spacial score (nSPS) is 15.2. The summed E-state index contributed by atoms with van der Waals surface area (Å²) < 4.78 is 27.5. The van der Waals surface area contributed by atoms with Crippen LogP contribution in [-0.4, -0.2) is 47.0 Å². The number of rotatable bonds is 4. The molecule has 0 bridgehead atoms. The molecular formula is C21H18N2O5S. The molecule has 7 nitrogen and oxygen atoms in total. The van der Waals surface area contributed by atoms with E-state index < -0.39 is 27.4 Å². The van der Waals surface area contributed by atoms with Crippen molar-refractivity contribution in [2.45, 2.75) is 11.3 Å². The number of benzene rings is 2. The Balaban J connectivity index is 1.58. The minimum absolute atomic E-state index is 0.186. The molecule has 29 heavy (non-hydrogen) atoms. The number of fused-ring (bicyclic) bond motifs is 1. The second kappa shape index (κ2) is 7.31. The minimum atomic E-state index is -3.64. The number of pyridine rings is 1. The fraction of sp³-hybridized carbons (Fsp3) is 0.143. The molecule has 0 radical (unpaired) electrons. The van der Waals surface area contributed by atoms with Crippen LogP contribution >= 0.6 is 0 Å². The lowest BCUT2D eigenvalue weighted by molar-refractivity contribution is 0.0687. The zero-order chi connectivity index (χ0) is 20.6. The third-order valence-electron chi connectivity index (χ3n) is 4.97. The fourth-order valence-electron chi connectivity index (χ4n) is 3.40. The van der Waals surface area contributed by atoms with Gasteiger partial charge in [0.15, 0.2) is 5.69 Å². The highest BCUT2D eigenvalue weighted by Gasteiger charge is 2.27. The van der Waals surface area contributed by atoms with E-state index in [0.29, 0.717) is 12.0 Å². The SMILES string of the molecule is O=C(O)c1ncc(C2=CCN(S(=O)(=O)c3ccc4ccccc4c3)CC2)cc1O. The van der Waals surface area contributed by atoms with Gasteiger partial charge in [0.25, 0.3) is 0 Å². The van der Waals surface area contributed by atoms with Crippen molar-refractivity contribution >= 4 is 32.3 Å². The largest absolute Gasteiger partial charge is 0.505 e. The van der Waals surface area contributed by atoms with E-state index in [1.54, 1.807) is 24.3 Å². The van der Waals surface area contributed by atoms with Crippen LogP contribution in [0.4, 0.5) is 0 Å². The number of nitrogens with zero attached hydrogens (tertiary/aromatic N) is 2. The van der Waals surface area contributed by atoms with Crippen LogP contribution in [0.2, 0.25) is 0 Å². The fourth-order valence-corrected chi connectivity index (χ4v) is 4.82. The van der Waals surface area contributed by atoms with E-state index in [2.05, 4.69) is 4.98 Å². The molecule has 0 fully saturated rings. The Kier molecular flexibility index (Phi) is 4.81. The van der Waals surface area contributed by atoms with Crippen molar-refractivity contribution in [2.24, 2.45) is 0 Å². The molecule has 3 aromatic rings. The maximum atomic E-state index is 13.0. The number of carboxylic acids is 1. The zero-order valence-electron chi connectivity index (χ0n) is 15.3. The molecule has 0 amide bonds. The summed E-state index contributed by atoms with van der Waals surface area (Å²) in [5.41, 5.74) is 0.982. The first kappa shape index (κ1) is 19.1. The lowest BCUT2D eigenvalue weighted by Crippen LogP contribution is -2.34. The first-order valence-corrected chi connectivity index (χ1v) is 10.4. The summed E-state index contributed by atoms with van der Waals surface area (Å²) in [7, 11) is -3.64. The molecule has 1 aliphatic rings. The number of carbonyl (C=O) groups is 1. The van der Waals surface area contributed by atoms with Gasteiger partial charge in [0, 0.05) is 19.3 Å². The van der Waals surface area contributed by atoms with Crippen LogP contribution in [0.3, 0.4) is 0 Å². The second-order valence-electron chi connectivity index (χ2n) is 6.75. The molecule has 0 saturated carbocycles. The van der Waals surface area contributed by atoms with Gasteiger partial charge in [0.1, 0.15) is 5.75 Å². The maximum absolute atomic E-state index is 13.0. The lowest BCUT2D eigenvalue weighted by atomic mass is 10.0. The van der Waals surface area contributed by atoms with Crippen molar-refractivity contribution < 1.29 is 23.4 Å². The zero-order valence-corrected chi connectivity index (χ0v) is 16.1. The van der Waals surface area contributed by atoms with Crippen LogP contribution in [0, 0.1) is 0 Å². The summed E-state index contributed by atoms with van der Waals surface area (Å²) in [6, 6.07) is 14.0. The molecule has 0 aliphatic carbocycles. The molecule has 0 unspecified atom stereocenters. The van der Waals surface area contributed by atoms with Crippen molar-refractivity contribution in [3.05, 3.63) is 72.1 Å². The Bertz CT molecular complexity index is 1250. The Morgan fingerprint density at radius 2 is 1.83 bits per heavy atom. The van der Waals surface area contributed by atoms with E-state index in [1.807, 2.05) is 24.3 Å². The molecule has 1 aliphatic heterocycles. The number of hydrogen-bond donors (Lipinski definition) is 2. The van der Waals surface area contributed by atoms with Gasteiger partial charge < -0.3 is 10.2 Å². The molecule has 0 spiro atoms. The molecule has 1 aromatic heterocycles. The van der Waals surface area contributed by atoms with Crippen molar-refractivity contribution in [2.75, 3.05) is 13.1 Å². The van der Waals surface area contributed by atoms with E-state index in [9.17, 15) is 18.3 Å². The molecule has 2 aromatic carbocycles. The van der Waals surface area contributed by atoms with Crippen LogP contribution in [0.5, 0.6) is 5.75 Å². The minimum Gasteiger partial charge on any atom is -0.505 e. The van der Waals surface area contributed by atoms with Gasteiger partial charge in [0.05, 0.1) is 4.90 Å². The number of hydrogen-bond acceptors (Lipinski definition) is 5. The average Bonchev–Trinajstić information content (AvgIpc) is 2.73. The highest BCUT2D eigenvalue weighted by atomic mass is 32.2. The van der Waals surface area contributed by atoms with Crippen LogP contribution in [-0.2, 0) is 10.0 Å². The summed E-state index contributed by atoms with van der Waals surface area (Å²) in [6.07, 6.45) is 3.57. The average molecular weight is 410 g/mol. The molecule has 2 heterocycles. The van der Waals surface area contributed by atoms with Crippen molar-refractivity contribution in [1.29, 1.82) is 0 Å². The number of carboxylic acid groups (broad SMARTS) is 1. The second-order valence-corrected chi connectivity index (χ2v) is 8.69. The molecule has 2 N–H and O–H groups in total. The standard InChI is InChI=1S/C21H18N2O5S/c24-19-12-17(13-22-20(19)21(25)26)15-7-9-23(10-8-15)29(27,28)18-6-5-14-3-1-2-4-16(14)11-18/h1-7,11-13,24H,8-10H2,(H,25,26).